The predicted molar refractivity (Wildman–Crippen MR) is 106 cm³/mol. The van der Waals surface area contributed by atoms with Gasteiger partial charge in [0.15, 0.2) is 0 Å². The molecule has 0 bridgehead atoms. The minimum atomic E-state index is -4.05. The molecule has 0 unspecified atom stereocenters. The second-order valence-corrected chi connectivity index (χ2v) is 8.61. The minimum absolute atomic E-state index is 0.0333. The first-order chi connectivity index (χ1) is 12.8. The van der Waals surface area contributed by atoms with Gasteiger partial charge in [-0.2, -0.15) is 0 Å². The average molecular weight is 409 g/mol. The molecule has 144 valence electrons. The lowest BCUT2D eigenvalue weighted by atomic mass is 10.2. The van der Waals surface area contributed by atoms with Crippen molar-refractivity contribution in [2.75, 3.05) is 18.8 Å². The number of amides is 1. The van der Waals surface area contributed by atoms with E-state index in [2.05, 4.69) is 16.6 Å². The molecule has 8 heteroatoms. The quantitative estimate of drug-likeness (QED) is 0.380. The van der Waals surface area contributed by atoms with Gasteiger partial charge in [-0.05, 0) is 37.3 Å². The molecule has 2 aromatic rings. The van der Waals surface area contributed by atoms with E-state index in [1.807, 2.05) is 31.2 Å². The summed E-state index contributed by atoms with van der Waals surface area (Å²) in [5, 5.41) is 2.71. The topological polar surface area (TPSA) is 75.3 Å². The Kier molecular flexibility index (Phi) is 7.58. The number of nitrogens with one attached hydrogen (secondary N) is 2. The second kappa shape index (κ2) is 9.68. The van der Waals surface area contributed by atoms with Gasteiger partial charge >= 0.3 is 0 Å². The fraction of sp³-hybridized carbons (Fsp3) is 0.211. The Labute approximate surface area is 163 Å². The van der Waals surface area contributed by atoms with Crippen molar-refractivity contribution in [1.29, 1.82) is 0 Å². The van der Waals surface area contributed by atoms with Crippen LogP contribution in [0.15, 0.2) is 64.9 Å². The fourth-order valence-electron chi connectivity index (χ4n) is 2.17. The van der Waals surface area contributed by atoms with Crippen LogP contribution in [0, 0.1) is 12.7 Å². The smallest absolute Gasteiger partial charge is 0.251 e. The van der Waals surface area contributed by atoms with Crippen molar-refractivity contribution in [1.82, 2.24) is 10.0 Å². The molecule has 2 aromatic carbocycles. The second-order valence-electron chi connectivity index (χ2n) is 5.70. The molecule has 27 heavy (non-hydrogen) atoms. The molecule has 0 saturated heterocycles. The van der Waals surface area contributed by atoms with Crippen LogP contribution in [0.3, 0.4) is 0 Å². The standard InChI is InChI=1S/C19H21FN2O3S2/c1-3-10-22-27(24,25)18-13-15(6-9-17(18)20)19(23)21-11-12-26-16-7-4-14(2)5-8-16/h3-9,13,22H,1,10-12H2,2H3,(H,21,23). The molecule has 5 nitrogen and oxygen atoms in total. The Hall–Kier alpha value is -2.16. The molecule has 2 rings (SSSR count). The van der Waals surface area contributed by atoms with E-state index in [0.29, 0.717) is 12.3 Å². The van der Waals surface area contributed by atoms with Crippen LogP contribution >= 0.6 is 11.8 Å². The van der Waals surface area contributed by atoms with Gasteiger partial charge in [0.25, 0.3) is 5.91 Å². The third kappa shape index (κ3) is 6.20. The molecule has 0 aliphatic heterocycles. The van der Waals surface area contributed by atoms with Gasteiger partial charge in [0.2, 0.25) is 10.0 Å². The third-order valence-corrected chi connectivity index (χ3v) is 6.03. The van der Waals surface area contributed by atoms with E-state index in [0.717, 1.165) is 17.0 Å². The summed E-state index contributed by atoms with van der Waals surface area (Å²) < 4.78 is 40.3. The summed E-state index contributed by atoms with van der Waals surface area (Å²) in [5.41, 5.74) is 1.26. The zero-order valence-electron chi connectivity index (χ0n) is 14.9. The highest BCUT2D eigenvalue weighted by Gasteiger charge is 2.20. The zero-order chi connectivity index (χ0) is 19.9. The van der Waals surface area contributed by atoms with Gasteiger partial charge in [-0.25, -0.2) is 17.5 Å². The maximum absolute atomic E-state index is 13.9. The van der Waals surface area contributed by atoms with Crippen LogP contribution in [-0.2, 0) is 10.0 Å². The average Bonchev–Trinajstić information content (AvgIpc) is 2.65. The van der Waals surface area contributed by atoms with Crippen LogP contribution in [0.1, 0.15) is 15.9 Å². The Morgan fingerprint density at radius 2 is 1.93 bits per heavy atom. The molecule has 1 amide bonds. The highest BCUT2D eigenvalue weighted by Crippen LogP contribution is 2.18. The third-order valence-electron chi connectivity index (χ3n) is 3.58. The zero-order valence-corrected chi connectivity index (χ0v) is 16.5. The molecule has 0 atom stereocenters. The Morgan fingerprint density at radius 3 is 2.59 bits per heavy atom. The molecule has 2 N–H and O–H groups in total. The van der Waals surface area contributed by atoms with Gasteiger partial charge in [-0.1, -0.05) is 23.8 Å². The van der Waals surface area contributed by atoms with E-state index in [1.54, 1.807) is 11.8 Å². The van der Waals surface area contributed by atoms with Crippen molar-refractivity contribution < 1.29 is 17.6 Å². The summed E-state index contributed by atoms with van der Waals surface area (Å²) in [5.74, 6) is -0.722. The Bertz CT molecular complexity index is 913. The highest BCUT2D eigenvalue weighted by atomic mass is 32.2. The number of sulfonamides is 1. The van der Waals surface area contributed by atoms with Gasteiger partial charge in [0.1, 0.15) is 10.7 Å². The highest BCUT2D eigenvalue weighted by molar-refractivity contribution is 7.99. The summed E-state index contributed by atoms with van der Waals surface area (Å²) in [6, 6.07) is 11.3. The molecule has 0 radical (unpaired) electrons. The number of carbonyl (C=O) groups is 1. The van der Waals surface area contributed by atoms with Gasteiger partial charge in [0.05, 0.1) is 0 Å². The van der Waals surface area contributed by atoms with Crippen LogP contribution in [0.4, 0.5) is 4.39 Å². The van der Waals surface area contributed by atoms with E-state index in [-0.39, 0.29) is 12.1 Å². The van der Waals surface area contributed by atoms with Crippen molar-refractivity contribution in [2.24, 2.45) is 0 Å². The molecular formula is C19H21FN2O3S2. The van der Waals surface area contributed by atoms with Gasteiger partial charge < -0.3 is 5.32 Å². The van der Waals surface area contributed by atoms with Crippen molar-refractivity contribution >= 4 is 27.7 Å². The summed E-state index contributed by atoms with van der Waals surface area (Å²) in [6.07, 6.45) is 1.34. The summed E-state index contributed by atoms with van der Waals surface area (Å²) in [4.78, 5) is 12.8. The van der Waals surface area contributed by atoms with Gasteiger partial charge in [-0.15, -0.1) is 18.3 Å². The van der Waals surface area contributed by atoms with Crippen molar-refractivity contribution in [3.63, 3.8) is 0 Å². The molecule has 0 aliphatic carbocycles. The van der Waals surface area contributed by atoms with Gasteiger partial charge in [0, 0.05) is 29.3 Å². The number of hydrogen-bond donors (Lipinski definition) is 2. The first-order valence-corrected chi connectivity index (χ1v) is 10.7. The van der Waals surface area contributed by atoms with Gasteiger partial charge in [-0.3, -0.25) is 4.79 Å². The number of hydrogen-bond acceptors (Lipinski definition) is 4. The lowest BCUT2D eigenvalue weighted by Crippen LogP contribution is -2.27. The molecule has 0 spiro atoms. The van der Waals surface area contributed by atoms with Crippen LogP contribution in [0.5, 0.6) is 0 Å². The summed E-state index contributed by atoms with van der Waals surface area (Å²) in [7, 11) is -4.05. The van der Waals surface area contributed by atoms with Crippen molar-refractivity contribution in [3.8, 4) is 0 Å². The maximum atomic E-state index is 13.9. The van der Waals surface area contributed by atoms with Crippen LogP contribution in [0.25, 0.3) is 0 Å². The number of aryl methyl sites for hydroxylation is 1. The number of benzene rings is 2. The van der Waals surface area contributed by atoms with Crippen LogP contribution in [0.2, 0.25) is 0 Å². The summed E-state index contributed by atoms with van der Waals surface area (Å²) >= 11 is 1.60. The minimum Gasteiger partial charge on any atom is -0.351 e. The maximum Gasteiger partial charge on any atom is 0.251 e. The first kappa shape index (κ1) is 21.1. The molecular weight excluding hydrogens is 387 g/mol. The lowest BCUT2D eigenvalue weighted by molar-refractivity contribution is 0.0956. The normalized spacial score (nSPS) is 11.2. The van der Waals surface area contributed by atoms with Crippen LogP contribution in [-0.4, -0.2) is 33.2 Å². The van der Waals surface area contributed by atoms with Crippen LogP contribution < -0.4 is 10.0 Å². The van der Waals surface area contributed by atoms with E-state index in [4.69, 9.17) is 0 Å². The van der Waals surface area contributed by atoms with E-state index in [9.17, 15) is 17.6 Å². The predicted octanol–water partition coefficient (Wildman–Crippen LogP) is 3.12. The Morgan fingerprint density at radius 1 is 1.22 bits per heavy atom. The van der Waals surface area contributed by atoms with E-state index < -0.39 is 26.6 Å². The number of rotatable bonds is 9. The van der Waals surface area contributed by atoms with Crippen molar-refractivity contribution in [2.45, 2.75) is 16.7 Å². The monoisotopic (exact) mass is 408 g/mol. The summed E-state index contributed by atoms with van der Waals surface area (Å²) in [6.45, 7) is 5.78. The Balaban J connectivity index is 1.97. The van der Waals surface area contributed by atoms with Crippen molar-refractivity contribution in [3.05, 3.63) is 72.1 Å². The number of halogens is 1. The van der Waals surface area contributed by atoms with E-state index in [1.165, 1.54) is 17.7 Å². The molecule has 0 aliphatic rings. The van der Waals surface area contributed by atoms with E-state index >= 15 is 0 Å². The fourth-order valence-corrected chi connectivity index (χ4v) is 4.03. The largest absolute Gasteiger partial charge is 0.351 e. The molecule has 0 saturated carbocycles. The molecule has 0 heterocycles. The molecule has 0 fully saturated rings. The first-order valence-electron chi connectivity index (χ1n) is 8.21. The number of carbonyl (C=O) groups excluding carboxylic acids is 1. The lowest BCUT2D eigenvalue weighted by Gasteiger charge is -2.09. The number of thioether (sulfide) groups is 1. The molecule has 0 aromatic heterocycles. The SMILES string of the molecule is C=CCNS(=O)(=O)c1cc(C(=O)NCCSc2ccc(C)cc2)ccc1F.